The van der Waals surface area contributed by atoms with E-state index in [0.717, 1.165) is 62.7 Å². The van der Waals surface area contributed by atoms with E-state index in [4.69, 9.17) is 16.3 Å². The van der Waals surface area contributed by atoms with E-state index in [1.165, 1.54) is 0 Å². The fourth-order valence-corrected chi connectivity index (χ4v) is 2.89. The first-order valence-electron chi connectivity index (χ1n) is 8.64. The smallest absolute Gasteiger partial charge is 0.410 e. The second-order valence-corrected chi connectivity index (χ2v) is 7.67. The van der Waals surface area contributed by atoms with Gasteiger partial charge in [-0.1, -0.05) is 11.6 Å². The van der Waals surface area contributed by atoms with E-state index in [0.29, 0.717) is 0 Å². The molecule has 0 N–H and O–H groups in total. The Bertz CT molecular complexity index is 537. The lowest BCUT2D eigenvalue weighted by Crippen LogP contribution is -2.50. The summed E-state index contributed by atoms with van der Waals surface area (Å²) in [4.78, 5) is 20.6. The zero-order valence-electron chi connectivity index (χ0n) is 14.9. The van der Waals surface area contributed by atoms with Crippen molar-refractivity contribution in [3.05, 3.63) is 29.0 Å². The van der Waals surface area contributed by atoms with Crippen LogP contribution >= 0.6 is 11.6 Å². The first-order valence-corrected chi connectivity index (χ1v) is 9.02. The number of hydrogen-bond acceptors (Lipinski definition) is 4. The van der Waals surface area contributed by atoms with Crippen LogP contribution in [0.5, 0.6) is 0 Å². The SMILES string of the molecule is CC(C)(C)OC(=O)N1CCN(CCCCc2cc(Cl)ccn2)CC1. The number of rotatable bonds is 5. The van der Waals surface area contributed by atoms with Gasteiger partial charge in [0.25, 0.3) is 0 Å². The fourth-order valence-electron chi connectivity index (χ4n) is 2.71. The number of unbranched alkanes of at least 4 members (excludes halogenated alkanes) is 1. The van der Waals surface area contributed by atoms with Crippen LogP contribution in [0.1, 0.15) is 39.3 Å². The molecule has 24 heavy (non-hydrogen) atoms. The summed E-state index contributed by atoms with van der Waals surface area (Å²) in [5, 5.41) is 0.748. The van der Waals surface area contributed by atoms with Crippen molar-refractivity contribution in [2.45, 2.75) is 45.6 Å². The Balaban J connectivity index is 1.62. The van der Waals surface area contributed by atoms with Gasteiger partial charge in [-0.15, -0.1) is 0 Å². The van der Waals surface area contributed by atoms with E-state index >= 15 is 0 Å². The Hall–Kier alpha value is -1.33. The van der Waals surface area contributed by atoms with Crippen LogP contribution in [0.15, 0.2) is 18.3 Å². The highest BCUT2D eigenvalue weighted by Crippen LogP contribution is 2.13. The Morgan fingerprint density at radius 1 is 1.25 bits per heavy atom. The van der Waals surface area contributed by atoms with Gasteiger partial charge in [-0.25, -0.2) is 4.79 Å². The number of ether oxygens (including phenoxy) is 1. The van der Waals surface area contributed by atoms with Crippen LogP contribution in [0.2, 0.25) is 5.02 Å². The number of aryl methyl sites for hydroxylation is 1. The van der Waals surface area contributed by atoms with Crippen LogP contribution in [-0.4, -0.2) is 59.2 Å². The van der Waals surface area contributed by atoms with Crippen molar-refractivity contribution >= 4 is 17.7 Å². The van der Waals surface area contributed by atoms with E-state index in [1.54, 1.807) is 17.2 Å². The van der Waals surface area contributed by atoms with Crippen molar-refractivity contribution < 1.29 is 9.53 Å². The lowest BCUT2D eigenvalue weighted by molar-refractivity contribution is 0.0144. The molecule has 1 aliphatic rings. The van der Waals surface area contributed by atoms with Gasteiger partial charge in [0.2, 0.25) is 0 Å². The summed E-state index contributed by atoms with van der Waals surface area (Å²) in [6.45, 7) is 10.1. The molecule has 0 bridgehead atoms. The molecule has 0 unspecified atom stereocenters. The molecule has 0 spiro atoms. The Labute approximate surface area is 149 Å². The van der Waals surface area contributed by atoms with Crippen molar-refractivity contribution in [1.29, 1.82) is 0 Å². The molecule has 1 saturated heterocycles. The average molecular weight is 354 g/mol. The van der Waals surface area contributed by atoms with Crippen molar-refractivity contribution in [2.24, 2.45) is 0 Å². The van der Waals surface area contributed by atoms with Gasteiger partial charge in [-0.2, -0.15) is 0 Å². The van der Waals surface area contributed by atoms with Gasteiger partial charge in [-0.3, -0.25) is 9.88 Å². The topological polar surface area (TPSA) is 45.7 Å². The van der Waals surface area contributed by atoms with Crippen molar-refractivity contribution in [3.63, 3.8) is 0 Å². The van der Waals surface area contributed by atoms with Crippen LogP contribution in [-0.2, 0) is 11.2 Å². The van der Waals surface area contributed by atoms with Gasteiger partial charge in [-0.05, 0) is 58.7 Å². The van der Waals surface area contributed by atoms with Gasteiger partial charge in [0.05, 0.1) is 0 Å². The van der Waals surface area contributed by atoms with Crippen molar-refractivity contribution in [1.82, 2.24) is 14.8 Å². The molecule has 6 heteroatoms. The highest BCUT2D eigenvalue weighted by atomic mass is 35.5. The van der Waals surface area contributed by atoms with Crippen LogP contribution in [0.3, 0.4) is 0 Å². The minimum atomic E-state index is -0.428. The summed E-state index contributed by atoms with van der Waals surface area (Å²) in [5.74, 6) is 0. The molecule has 0 aliphatic carbocycles. The molecule has 0 saturated carbocycles. The minimum Gasteiger partial charge on any atom is -0.444 e. The molecule has 0 atom stereocenters. The number of aromatic nitrogens is 1. The first-order chi connectivity index (χ1) is 11.3. The molecule has 134 valence electrons. The number of hydrogen-bond donors (Lipinski definition) is 0. The van der Waals surface area contributed by atoms with Crippen LogP contribution in [0, 0.1) is 0 Å². The van der Waals surface area contributed by atoms with Crippen molar-refractivity contribution in [3.8, 4) is 0 Å². The number of piperazine rings is 1. The molecular formula is C18H28ClN3O2. The number of carbonyl (C=O) groups excluding carboxylic acids is 1. The van der Waals surface area contributed by atoms with Crippen LogP contribution in [0.4, 0.5) is 4.79 Å². The Kier molecular flexibility index (Phi) is 6.87. The Morgan fingerprint density at radius 3 is 2.58 bits per heavy atom. The summed E-state index contributed by atoms with van der Waals surface area (Å²) >= 11 is 5.97. The Morgan fingerprint density at radius 2 is 1.96 bits per heavy atom. The molecule has 1 aromatic heterocycles. The number of amides is 1. The molecule has 1 amide bonds. The summed E-state index contributed by atoms with van der Waals surface area (Å²) < 4.78 is 5.42. The summed E-state index contributed by atoms with van der Waals surface area (Å²) in [7, 11) is 0. The van der Waals surface area contributed by atoms with Crippen LogP contribution < -0.4 is 0 Å². The van der Waals surface area contributed by atoms with Gasteiger partial charge in [0.1, 0.15) is 5.60 Å². The molecule has 0 radical (unpaired) electrons. The second-order valence-electron chi connectivity index (χ2n) is 7.23. The molecule has 1 aromatic rings. The number of pyridine rings is 1. The van der Waals surface area contributed by atoms with Gasteiger partial charge in [0.15, 0.2) is 0 Å². The zero-order valence-corrected chi connectivity index (χ0v) is 15.7. The van der Waals surface area contributed by atoms with Gasteiger partial charge >= 0.3 is 6.09 Å². The minimum absolute atomic E-state index is 0.200. The van der Waals surface area contributed by atoms with E-state index in [9.17, 15) is 4.79 Å². The fraction of sp³-hybridized carbons (Fsp3) is 0.667. The lowest BCUT2D eigenvalue weighted by atomic mass is 10.1. The monoisotopic (exact) mass is 353 g/mol. The third-order valence-electron chi connectivity index (χ3n) is 3.96. The molecule has 2 heterocycles. The predicted molar refractivity (Wildman–Crippen MR) is 96.4 cm³/mol. The number of carbonyl (C=O) groups is 1. The molecule has 2 rings (SSSR count). The summed E-state index contributed by atoms with van der Waals surface area (Å²) in [5.41, 5.74) is 0.625. The normalized spacial score (nSPS) is 16.2. The largest absolute Gasteiger partial charge is 0.444 e. The zero-order chi connectivity index (χ0) is 17.6. The first kappa shape index (κ1) is 19.0. The molecule has 1 fully saturated rings. The number of nitrogens with zero attached hydrogens (tertiary/aromatic N) is 3. The van der Waals surface area contributed by atoms with Crippen molar-refractivity contribution in [2.75, 3.05) is 32.7 Å². The second kappa shape index (κ2) is 8.67. The van der Waals surface area contributed by atoms with Gasteiger partial charge in [0, 0.05) is 43.1 Å². The molecule has 5 nitrogen and oxygen atoms in total. The maximum absolute atomic E-state index is 12.0. The van der Waals surface area contributed by atoms with E-state index in [-0.39, 0.29) is 6.09 Å². The van der Waals surface area contributed by atoms with Gasteiger partial charge < -0.3 is 9.64 Å². The molecular weight excluding hydrogens is 326 g/mol. The third kappa shape index (κ3) is 6.65. The maximum Gasteiger partial charge on any atom is 0.410 e. The molecule has 0 aromatic carbocycles. The summed E-state index contributed by atoms with van der Waals surface area (Å²) in [6.07, 6.45) is 4.74. The van der Waals surface area contributed by atoms with E-state index < -0.39 is 5.60 Å². The standard InChI is InChI=1S/C18H28ClN3O2/c1-18(2,3)24-17(23)22-12-10-21(11-13-22)9-5-4-6-16-14-15(19)7-8-20-16/h7-8,14H,4-6,9-13H2,1-3H3. The van der Waals surface area contributed by atoms with E-state index in [2.05, 4.69) is 9.88 Å². The maximum atomic E-state index is 12.0. The third-order valence-corrected chi connectivity index (χ3v) is 4.19. The number of halogens is 1. The highest BCUT2D eigenvalue weighted by Gasteiger charge is 2.25. The summed E-state index contributed by atoms with van der Waals surface area (Å²) in [6, 6.07) is 3.73. The highest BCUT2D eigenvalue weighted by molar-refractivity contribution is 6.30. The molecule has 1 aliphatic heterocycles. The van der Waals surface area contributed by atoms with Crippen LogP contribution in [0.25, 0.3) is 0 Å². The van der Waals surface area contributed by atoms with E-state index in [1.807, 2.05) is 26.8 Å². The quantitative estimate of drug-likeness (QED) is 0.758. The predicted octanol–water partition coefficient (Wildman–Crippen LogP) is 3.61. The average Bonchev–Trinajstić information content (AvgIpc) is 2.50. The lowest BCUT2D eigenvalue weighted by Gasteiger charge is -2.35.